The van der Waals surface area contributed by atoms with E-state index in [-0.39, 0.29) is 0 Å². The van der Waals surface area contributed by atoms with Crippen molar-refractivity contribution in [2.24, 2.45) is 17.1 Å². The van der Waals surface area contributed by atoms with E-state index in [4.69, 9.17) is 5.73 Å². The van der Waals surface area contributed by atoms with Crippen molar-refractivity contribution in [2.45, 2.75) is 77.3 Å². The van der Waals surface area contributed by atoms with E-state index in [9.17, 15) is 0 Å². The summed E-state index contributed by atoms with van der Waals surface area (Å²) in [6, 6.07) is 1.47. The lowest BCUT2D eigenvalue weighted by Crippen LogP contribution is -2.48. The largest absolute Gasteiger partial charge is 0.330 e. The topological polar surface area (TPSA) is 38.0 Å². The number of hydrogen-bond donors (Lipinski definition) is 2. The smallest absolute Gasteiger partial charge is 0.0110 e. The van der Waals surface area contributed by atoms with Crippen molar-refractivity contribution in [3.05, 3.63) is 0 Å². The minimum absolute atomic E-state index is 0.581. The molecule has 0 amide bonds. The fourth-order valence-electron chi connectivity index (χ4n) is 3.58. The number of nitrogens with one attached hydrogen (secondary N) is 1. The number of rotatable bonds is 3. The Labute approximate surface area is 107 Å². The minimum atomic E-state index is 0.581. The van der Waals surface area contributed by atoms with Crippen molar-refractivity contribution in [1.29, 1.82) is 0 Å². The van der Waals surface area contributed by atoms with Crippen LogP contribution in [0.2, 0.25) is 0 Å². The fourth-order valence-corrected chi connectivity index (χ4v) is 3.58. The molecule has 3 N–H and O–H groups in total. The molecule has 2 fully saturated rings. The van der Waals surface area contributed by atoms with E-state index in [1.54, 1.807) is 0 Å². The van der Waals surface area contributed by atoms with Crippen molar-refractivity contribution in [3.63, 3.8) is 0 Å². The molecule has 0 saturated heterocycles. The zero-order valence-electron chi connectivity index (χ0n) is 11.7. The second kappa shape index (κ2) is 5.71. The highest BCUT2D eigenvalue weighted by atomic mass is 15.0. The van der Waals surface area contributed by atoms with Gasteiger partial charge in [0.15, 0.2) is 0 Å². The van der Waals surface area contributed by atoms with Gasteiger partial charge < -0.3 is 11.1 Å². The summed E-state index contributed by atoms with van der Waals surface area (Å²) in [7, 11) is 0. The maximum absolute atomic E-state index is 5.90. The maximum Gasteiger partial charge on any atom is 0.0110 e. The van der Waals surface area contributed by atoms with Crippen molar-refractivity contribution >= 4 is 0 Å². The molecule has 100 valence electrons. The molecular weight excluding hydrogens is 208 g/mol. The highest BCUT2D eigenvalue weighted by molar-refractivity contribution is 4.88. The molecule has 2 unspecified atom stereocenters. The Hall–Kier alpha value is -0.0800. The SMILES string of the molecule is CC1(C)CCC(NC2CCCCC2CN)CC1. The van der Waals surface area contributed by atoms with Crippen LogP contribution >= 0.6 is 0 Å². The van der Waals surface area contributed by atoms with Crippen LogP contribution in [0.15, 0.2) is 0 Å². The Morgan fingerprint density at radius 3 is 2.35 bits per heavy atom. The monoisotopic (exact) mass is 238 g/mol. The molecule has 2 saturated carbocycles. The first-order valence-corrected chi connectivity index (χ1v) is 7.57. The average Bonchev–Trinajstić information content (AvgIpc) is 2.32. The van der Waals surface area contributed by atoms with Crippen LogP contribution in [0, 0.1) is 11.3 Å². The standard InChI is InChI=1S/C15H30N2/c1-15(2)9-7-13(8-10-15)17-14-6-4-3-5-12(14)11-16/h12-14,17H,3-11,16H2,1-2H3. The normalized spacial score (nSPS) is 34.8. The fraction of sp³-hybridized carbons (Fsp3) is 1.00. The molecule has 0 bridgehead atoms. The van der Waals surface area contributed by atoms with E-state index in [0.29, 0.717) is 11.5 Å². The van der Waals surface area contributed by atoms with Gasteiger partial charge in [-0.15, -0.1) is 0 Å². The molecule has 0 aromatic rings. The second-order valence-corrected chi connectivity index (χ2v) is 6.99. The first-order chi connectivity index (χ1) is 8.11. The molecule has 2 aliphatic carbocycles. The molecule has 2 nitrogen and oxygen atoms in total. The predicted molar refractivity (Wildman–Crippen MR) is 74.0 cm³/mol. The van der Waals surface area contributed by atoms with E-state index in [1.807, 2.05) is 0 Å². The number of hydrogen-bond acceptors (Lipinski definition) is 2. The predicted octanol–water partition coefficient (Wildman–Crippen LogP) is 3.06. The van der Waals surface area contributed by atoms with Gasteiger partial charge >= 0.3 is 0 Å². The van der Waals surface area contributed by atoms with Gasteiger partial charge in [-0.1, -0.05) is 26.7 Å². The van der Waals surface area contributed by atoms with E-state index >= 15 is 0 Å². The van der Waals surface area contributed by atoms with Crippen LogP contribution in [0.1, 0.15) is 65.2 Å². The molecule has 0 spiro atoms. The Morgan fingerprint density at radius 1 is 1.06 bits per heavy atom. The zero-order chi connectivity index (χ0) is 12.3. The summed E-state index contributed by atoms with van der Waals surface area (Å²) >= 11 is 0. The molecule has 2 heteroatoms. The summed E-state index contributed by atoms with van der Waals surface area (Å²) in [6.07, 6.45) is 11.0. The van der Waals surface area contributed by atoms with Crippen LogP contribution in [0.3, 0.4) is 0 Å². The van der Waals surface area contributed by atoms with Crippen LogP contribution in [-0.4, -0.2) is 18.6 Å². The lowest BCUT2D eigenvalue weighted by Gasteiger charge is -2.39. The van der Waals surface area contributed by atoms with Crippen molar-refractivity contribution in [3.8, 4) is 0 Å². The maximum atomic E-state index is 5.90. The van der Waals surface area contributed by atoms with Gasteiger partial charge in [0.05, 0.1) is 0 Å². The van der Waals surface area contributed by atoms with Gasteiger partial charge in [0.2, 0.25) is 0 Å². The highest BCUT2D eigenvalue weighted by Gasteiger charge is 2.30. The molecular formula is C15H30N2. The van der Waals surface area contributed by atoms with E-state index in [2.05, 4.69) is 19.2 Å². The van der Waals surface area contributed by atoms with Gasteiger partial charge in [-0.25, -0.2) is 0 Å². The number of nitrogens with two attached hydrogens (primary N) is 1. The Morgan fingerprint density at radius 2 is 1.71 bits per heavy atom. The third kappa shape index (κ3) is 3.69. The van der Waals surface area contributed by atoms with Crippen LogP contribution in [0.5, 0.6) is 0 Å². The summed E-state index contributed by atoms with van der Waals surface area (Å²) in [6.45, 7) is 5.69. The second-order valence-electron chi connectivity index (χ2n) is 6.99. The molecule has 0 heterocycles. The molecule has 17 heavy (non-hydrogen) atoms. The Bertz CT molecular complexity index is 227. The lowest BCUT2D eigenvalue weighted by molar-refractivity contribution is 0.171. The van der Waals surface area contributed by atoms with Crippen molar-refractivity contribution in [2.75, 3.05) is 6.54 Å². The van der Waals surface area contributed by atoms with Crippen LogP contribution in [0.4, 0.5) is 0 Å². The van der Waals surface area contributed by atoms with Gasteiger partial charge in [-0.2, -0.15) is 0 Å². The summed E-state index contributed by atoms with van der Waals surface area (Å²) in [5.74, 6) is 0.735. The third-order valence-corrected chi connectivity index (χ3v) is 5.00. The Balaban J connectivity index is 1.80. The van der Waals surface area contributed by atoms with Crippen molar-refractivity contribution in [1.82, 2.24) is 5.32 Å². The molecule has 0 radical (unpaired) electrons. The minimum Gasteiger partial charge on any atom is -0.330 e. The molecule has 2 atom stereocenters. The van der Waals surface area contributed by atoms with Crippen molar-refractivity contribution < 1.29 is 0 Å². The van der Waals surface area contributed by atoms with Gasteiger partial charge in [-0.3, -0.25) is 0 Å². The van der Waals surface area contributed by atoms with Gasteiger partial charge in [0, 0.05) is 12.1 Å². The van der Waals surface area contributed by atoms with Gasteiger partial charge in [0.1, 0.15) is 0 Å². The average molecular weight is 238 g/mol. The van der Waals surface area contributed by atoms with E-state index in [0.717, 1.165) is 18.5 Å². The van der Waals surface area contributed by atoms with Crippen LogP contribution < -0.4 is 11.1 Å². The summed E-state index contributed by atoms with van der Waals surface area (Å²) in [5.41, 5.74) is 6.48. The molecule has 2 aliphatic rings. The van der Waals surface area contributed by atoms with Gasteiger partial charge in [0.25, 0.3) is 0 Å². The first-order valence-electron chi connectivity index (χ1n) is 7.57. The summed E-state index contributed by atoms with van der Waals surface area (Å²) in [5, 5.41) is 3.92. The quantitative estimate of drug-likeness (QED) is 0.793. The molecule has 0 aliphatic heterocycles. The molecule has 0 aromatic carbocycles. The summed E-state index contributed by atoms with van der Waals surface area (Å²) < 4.78 is 0. The molecule has 2 rings (SSSR count). The van der Waals surface area contributed by atoms with Crippen LogP contribution in [0.25, 0.3) is 0 Å². The van der Waals surface area contributed by atoms with E-state index < -0.39 is 0 Å². The van der Waals surface area contributed by atoms with Crippen LogP contribution in [-0.2, 0) is 0 Å². The highest BCUT2D eigenvalue weighted by Crippen LogP contribution is 2.36. The van der Waals surface area contributed by atoms with E-state index in [1.165, 1.54) is 51.4 Å². The lowest BCUT2D eigenvalue weighted by atomic mass is 9.75. The first kappa shape index (κ1) is 13.4. The van der Waals surface area contributed by atoms with Gasteiger partial charge in [-0.05, 0) is 56.4 Å². The summed E-state index contributed by atoms with van der Waals surface area (Å²) in [4.78, 5) is 0. The zero-order valence-corrected chi connectivity index (χ0v) is 11.7. The Kier molecular flexibility index (Phi) is 4.48. The third-order valence-electron chi connectivity index (χ3n) is 5.00. The molecule has 0 aromatic heterocycles.